The Balaban J connectivity index is 2.34. The lowest BCUT2D eigenvalue weighted by atomic mass is 10.0. The van der Waals surface area contributed by atoms with Crippen molar-refractivity contribution in [1.29, 1.82) is 0 Å². The second-order valence-electron chi connectivity index (χ2n) is 6.10. The predicted octanol–water partition coefficient (Wildman–Crippen LogP) is 4.37. The summed E-state index contributed by atoms with van der Waals surface area (Å²) < 4.78 is 0. The highest BCUT2D eigenvalue weighted by Gasteiger charge is 2.34. The Morgan fingerprint density at radius 2 is 1.95 bits per heavy atom. The summed E-state index contributed by atoms with van der Waals surface area (Å²) in [4.78, 5) is 26.6. The van der Waals surface area contributed by atoms with Gasteiger partial charge >= 0.3 is 0 Å². The first-order chi connectivity index (χ1) is 10.4. The van der Waals surface area contributed by atoms with E-state index in [0.29, 0.717) is 5.56 Å². The van der Waals surface area contributed by atoms with Crippen molar-refractivity contribution in [1.82, 2.24) is 0 Å². The van der Waals surface area contributed by atoms with Gasteiger partial charge in [-0.1, -0.05) is 29.8 Å². The number of hydrogen-bond donors (Lipinski definition) is 0. The zero-order chi connectivity index (χ0) is 16.4. The quantitative estimate of drug-likeness (QED) is 0.573. The van der Waals surface area contributed by atoms with Crippen LogP contribution in [0.25, 0.3) is 0 Å². The van der Waals surface area contributed by atoms with E-state index in [-0.39, 0.29) is 28.5 Å². The van der Waals surface area contributed by atoms with Gasteiger partial charge in [0.2, 0.25) is 5.91 Å². The molecule has 1 aliphatic heterocycles. The van der Waals surface area contributed by atoms with Gasteiger partial charge < -0.3 is 4.90 Å². The molecule has 0 aromatic heterocycles. The molecule has 2 atom stereocenters. The average molecular weight is 366 g/mol. The number of benzene rings is 1. The predicted molar refractivity (Wildman–Crippen MR) is 93.9 cm³/mol. The van der Waals surface area contributed by atoms with Crippen molar-refractivity contribution in [3.8, 4) is 0 Å². The van der Waals surface area contributed by atoms with Gasteiger partial charge in [-0.05, 0) is 56.9 Å². The fourth-order valence-corrected chi connectivity index (χ4v) is 3.45. The molecule has 0 N–H and O–H groups in total. The molecule has 22 heavy (non-hydrogen) atoms. The summed E-state index contributed by atoms with van der Waals surface area (Å²) in [5.74, 6) is 0.377. The molecule has 2 rings (SSSR count). The molecule has 0 spiro atoms. The normalized spacial score (nSPS) is 18.5. The van der Waals surface area contributed by atoms with E-state index >= 15 is 0 Å². The van der Waals surface area contributed by atoms with Crippen LogP contribution in [0.15, 0.2) is 18.2 Å². The smallest absolute Gasteiger partial charge is 0.230 e. The standard InChI is InChI=1S/C18H24BrNO2/c1-5-13(6-2)18(22)20-11(3)9-15-10-14(7-8-16(15)20)17(21)12(4)19/h7-8,10-13H,5-6,9H2,1-4H3. The Hall–Kier alpha value is -1.16. The molecule has 1 aliphatic rings. The lowest BCUT2D eigenvalue weighted by Crippen LogP contribution is -2.39. The van der Waals surface area contributed by atoms with Gasteiger partial charge in [-0.15, -0.1) is 0 Å². The van der Waals surface area contributed by atoms with Gasteiger partial charge in [-0.25, -0.2) is 0 Å². The number of carbonyl (C=O) groups excluding carboxylic acids is 2. The van der Waals surface area contributed by atoms with Gasteiger partial charge in [0.25, 0.3) is 0 Å². The number of rotatable bonds is 5. The second-order valence-corrected chi connectivity index (χ2v) is 7.47. The van der Waals surface area contributed by atoms with Gasteiger partial charge in [0.15, 0.2) is 5.78 Å². The molecular weight excluding hydrogens is 342 g/mol. The van der Waals surface area contributed by atoms with Crippen LogP contribution in [0.5, 0.6) is 0 Å². The van der Waals surface area contributed by atoms with Crippen molar-refractivity contribution in [2.45, 2.75) is 57.8 Å². The van der Waals surface area contributed by atoms with Crippen molar-refractivity contribution in [3.63, 3.8) is 0 Å². The highest BCUT2D eigenvalue weighted by molar-refractivity contribution is 9.10. The Kier molecular flexibility index (Phi) is 5.43. The second kappa shape index (κ2) is 6.95. The number of nitrogens with zero attached hydrogens (tertiary/aromatic N) is 1. The minimum absolute atomic E-state index is 0.0808. The molecule has 0 saturated carbocycles. The van der Waals surface area contributed by atoms with E-state index in [2.05, 4.69) is 36.7 Å². The number of fused-ring (bicyclic) bond motifs is 1. The number of Topliss-reactive ketones (excluding diaryl/α,β-unsaturated/α-hetero) is 1. The average Bonchev–Trinajstić information content (AvgIpc) is 2.82. The number of carbonyl (C=O) groups is 2. The Labute approximate surface area is 141 Å². The van der Waals surface area contributed by atoms with Crippen molar-refractivity contribution in [3.05, 3.63) is 29.3 Å². The first kappa shape index (κ1) is 17.2. The summed E-state index contributed by atoms with van der Waals surface area (Å²) in [7, 11) is 0. The monoisotopic (exact) mass is 365 g/mol. The Morgan fingerprint density at radius 1 is 1.32 bits per heavy atom. The van der Waals surface area contributed by atoms with E-state index in [1.54, 1.807) is 0 Å². The van der Waals surface area contributed by atoms with Crippen LogP contribution in [0.4, 0.5) is 5.69 Å². The summed E-state index contributed by atoms with van der Waals surface area (Å²) in [5.41, 5.74) is 2.79. The minimum Gasteiger partial charge on any atom is -0.309 e. The molecule has 120 valence electrons. The molecule has 0 aliphatic carbocycles. The zero-order valence-corrected chi connectivity index (χ0v) is 15.3. The van der Waals surface area contributed by atoms with E-state index in [1.165, 1.54) is 0 Å². The van der Waals surface area contributed by atoms with Gasteiger partial charge in [0, 0.05) is 23.2 Å². The topological polar surface area (TPSA) is 37.4 Å². The fraction of sp³-hybridized carbons (Fsp3) is 0.556. The Bertz CT molecular complexity index is 578. The maximum atomic E-state index is 12.8. The first-order valence-corrected chi connectivity index (χ1v) is 8.96. The summed E-state index contributed by atoms with van der Waals surface area (Å²) in [6, 6.07) is 5.88. The molecular formula is C18H24BrNO2. The highest BCUT2D eigenvalue weighted by atomic mass is 79.9. The van der Waals surface area contributed by atoms with Crippen molar-refractivity contribution < 1.29 is 9.59 Å². The molecule has 1 aromatic carbocycles. The van der Waals surface area contributed by atoms with Crippen LogP contribution in [-0.2, 0) is 11.2 Å². The fourth-order valence-electron chi connectivity index (χ4n) is 3.18. The molecule has 3 nitrogen and oxygen atoms in total. The maximum Gasteiger partial charge on any atom is 0.230 e. The molecule has 0 bridgehead atoms. The van der Waals surface area contributed by atoms with E-state index < -0.39 is 0 Å². The van der Waals surface area contributed by atoms with Crippen molar-refractivity contribution in [2.24, 2.45) is 5.92 Å². The SMILES string of the molecule is CCC(CC)C(=O)N1c2ccc(C(=O)C(C)Br)cc2CC1C. The van der Waals surface area contributed by atoms with Crippen LogP contribution >= 0.6 is 15.9 Å². The van der Waals surface area contributed by atoms with Crippen LogP contribution in [0.3, 0.4) is 0 Å². The summed E-state index contributed by atoms with van der Waals surface area (Å²) in [6.07, 6.45) is 2.55. The number of hydrogen-bond acceptors (Lipinski definition) is 2. The molecule has 0 saturated heterocycles. The number of alkyl halides is 1. The van der Waals surface area contributed by atoms with Crippen LogP contribution in [-0.4, -0.2) is 22.6 Å². The van der Waals surface area contributed by atoms with Gasteiger partial charge in [-0.2, -0.15) is 0 Å². The van der Waals surface area contributed by atoms with Crippen molar-refractivity contribution in [2.75, 3.05) is 4.90 Å². The van der Waals surface area contributed by atoms with Gasteiger partial charge in [0.1, 0.15) is 0 Å². The lowest BCUT2D eigenvalue weighted by molar-refractivity contribution is -0.122. The molecule has 4 heteroatoms. The molecule has 2 unspecified atom stereocenters. The number of anilines is 1. The van der Waals surface area contributed by atoms with E-state index in [9.17, 15) is 9.59 Å². The van der Waals surface area contributed by atoms with Crippen LogP contribution in [0, 0.1) is 5.92 Å². The van der Waals surface area contributed by atoms with Crippen LogP contribution < -0.4 is 4.90 Å². The third kappa shape index (κ3) is 3.12. The number of amides is 1. The van der Waals surface area contributed by atoms with Crippen molar-refractivity contribution >= 4 is 33.3 Å². The molecule has 1 amide bonds. The lowest BCUT2D eigenvalue weighted by Gasteiger charge is -2.26. The first-order valence-electron chi connectivity index (χ1n) is 8.04. The summed E-state index contributed by atoms with van der Waals surface area (Å²) in [6.45, 7) is 8.04. The third-order valence-electron chi connectivity index (χ3n) is 4.51. The highest BCUT2D eigenvalue weighted by Crippen LogP contribution is 2.35. The van der Waals surface area contributed by atoms with Crippen LogP contribution in [0.2, 0.25) is 0 Å². The van der Waals surface area contributed by atoms with E-state index in [1.807, 2.05) is 30.0 Å². The molecule has 0 radical (unpaired) electrons. The van der Waals surface area contributed by atoms with E-state index in [0.717, 1.165) is 30.5 Å². The zero-order valence-electron chi connectivity index (χ0n) is 13.7. The van der Waals surface area contributed by atoms with Crippen LogP contribution in [0.1, 0.15) is 56.5 Å². The largest absolute Gasteiger partial charge is 0.309 e. The number of ketones is 1. The van der Waals surface area contributed by atoms with Gasteiger partial charge in [0.05, 0.1) is 4.83 Å². The van der Waals surface area contributed by atoms with E-state index in [4.69, 9.17) is 0 Å². The Morgan fingerprint density at radius 3 is 2.50 bits per heavy atom. The molecule has 0 fully saturated rings. The summed E-state index contributed by atoms with van der Waals surface area (Å²) in [5, 5.41) is 0. The summed E-state index contributed by atoms with van der Waals surface area (Å²) >= 11 is 3.33. The number of halogens is 1. The maximum absolute atomic E-state index is 12.8. The molecule has 1 heterocycles. The van der Waals surface area contributed by atoms with Gasteiger partial charge in [-0.3, -0.25) is 9.59 Å². The minimum atomic E-state index is -0.188. The third-order valence-corrected chi connectivity index (χ3v) is 4.93. The molecule has 1 aromatic rings.